The van der Waals surface area contributed by atoms with E-state index in [9.17, 15) is 14.4 Å². The minimum absolute atomic E-state index is 0.119. The van der Waals surface area contributed by atoms with Crippen molar-refractivity contribution in [3.05, 3.63) is 59.4 Å². The number of primary amides is 1. The van der Waals surface area contributed by atoms with Gasteiger partial charge in [0, 0.05) is 18.8 Å². The normalized spacial score (nSPS) is 16.3. The molecule has 2 aromatic rings. The maximum Gasteiger partial charge on any atom is 0.338 e. The third kappa shape index (κ3) is 4.28. The van der Waals surface area contributed by atoms with E-state index in [4.69, 9.17) is 15.2 Å². The maximum absolute atomic E-state index is 13.0. The lowest BCUT2D eigenvalue weighted by molar-refractivity contribution is 0.0520. The molecule has 8 nitrogen and oxygen atoms in total. The quantitative estimate of drug-likeness (QED) is 0.786. The number of ether oxygens (including phenoxy) is 2. The summed E-state index contributed by atoms with van der Waals surface area (Å²) in [6.45, 7) is 0.930. The van der Waals surface area contributed by atoms with Gasteiger partial charge >= 0.3 is 5.97 Å². The second-order valence-electron chi connectivity index (χ2n) is 6.41. The van der Waals surface area contributed by atoms with Crippen LogP contribution in [-0.4, -0.2) is 54.0 Å². The summed E-state index contributed by atoms with van der Waals surface area (Å²) >= 11 is 0. The lowest BCUT2D eigenvalue weighted by Gasteiger charge is -2.33. The van der Waals surface area contributed by atoms with Gasteiger partial charge in [0.25, 0.3) is 11.8 Å². The number of amides is 2. The second kappa shape index (κ2) is 8.51. The summed E-state index contributed by atoms with van der Waals surface area (Å²) < 4.78 is 10.7. The molecular formula is C20H21N3O5. The number of nitrogens with two attached hydrogens (primary N) is 1. The zero-order chi connectivity index (χ0) is 20.1. The van der Waals surface area contributed by atoms with E-state index in [-0.39, 0.29) is 23.3 Å². The molecule has 2 heterocycles. The van der Waals surface area contributed by atoms with Crippen molar-refractivity contribution in [1.82, 2.24) is 9.88 Å². The van der Waals surface area contributed by atoms with E-state index in [1.54, 1.807) is 35.2 Å². The number of carbonyl (C=O) groups excluding carboxylic acids is 3. The van der Waals surface area contributed by atoms with Crippen LogP contribution in [-0.2, 0) is 4.74 Å². The molecule has 1 aromatic carbocycles. The maximum atomic E-state index is 13.0. The molecule has 1 aliphatic heterocycles. The predicted octanol–water partition coefficient (Wildman–Crippen LogP) is 1.65. The van der Waals surface area contributed by atoms with Crippen LogP contribution in [0.4, 0.5) is 0 Å². The Bertz CT molecular complexity index is 899. The average molecular weight is 383 g/mol. The van der Waals surface area contributed by atoms with Crippen LogP contribution < -0.4 is 10.5 Å². The Morgan fingerprint density at radius 3 is 2.64 bits per heavy atom. The smallest absolute Gasteiger partial charge is 0.338 e. The first-order valence-corrected chi connectivity index (χ1v) is 8.88. The number of hydrogen-bond donors (Lipinski definition) is 1. The highest BCUT2D eigenvalue weighted by molar-refractivity contribution is 6.05. The monoisotopic (exact) mass is 383 g/mol. The van der Waals surface area contributed by atoms with Crippen LogP contribution in [0.2, 0.25) is 0 Å². The molecule has 0 aliphatic carbocycles. The lowest BCUT2D eigenvalue weighted by atomic mass is 10.0. The number of esters is 1. The summed E-state index contributed by atoms with van der Waals surface area (Å²) in [6, 6.07) is 9.70. The molecule has 1 aliphatic rings. The number of aromatic nitrogens is 1. The van der Waals surface area contributed by atoms with Gasteiger partial charge in [-0.1, -0.05) is 12.1 Å². The molecule has 1 saturated heterocycles. The Morgan fingerprint density at radius 2 is 1.93 bits per heavy atom. The highest BCUT2D eigenvalue weighted by Gasteiger charge is 2.28. The first-order chi connectivity index (χ1) is 13.5. The number of carbonyl (C=O) groups is 3. The van der Waals surface area contributed by atoms with Gasteiger partial charge in [-0.2, -0.15) is 0 Å². The van der Waals surface area contributed by atoms with Crippen molar-refractivity contribution in [3.8, 4) is 5.75 Å². The molecule has 2 amide bonds. The minimum Gasteiger partial charge on any atom is -0.488 e. The summed E-state index contributed by atoms with van der Waals surface area (Å²) in [7, 11) is 1.28. The zero-order valence-electron chi connectivity index (χ0n) is 15.5. The van der Waals surface area contributed by atoms with Crippen LogP contribution in [0.1, 0.15) is 44.0 Å². The van der Waals surface area contributed by atoms with Gasteiger partial charge in [-0.25, -0.2) is 4.79 Å². The van der Waals surface area contributed by atoms with Gasteiger partial charge in [-0.15, -0.1) is 0 Å². The van der Waals surface area contributed by atoms with Gasteiger partial charge in [0.2, 0.25) is 0 Å². The summed E-state index contributed by atoms with van der Waals surface area (Å²) in [5, 5.41) is 0. The number of benzene rings is 1. The van der Waals surface area contributed by atoms with Crippen LogP contribution in [0.5, 0.6) is 5.75 Å². The molecule has 1 fully saturated rings. The minimum atomic E-state index is -0.634. The number of pyridine rings is 1. The topological polar surface area (TPSA) is 112 Å². The fraction of sp³-hybridized carbons (Fsp3) is 0.300. The van der Waals surface area contributed by atoms with E-state index in [1.807, 2.05) is 0 Å². The first-order valence-electron chi connectivity index (χ1n) is 8.88. The molecule has 8 heteroatoms. The molecule has 0 spiro atoms. The molecule has 3 rings (SSSR count). The van der Waals surface area contributed by atoms with Crippen molar-refractivity contribution in [1.29, 1.82) is 0 Å². The molecule has 2 N–H and O–H groups in total. The number of piperidine rings is 1. The SMILES string of the molecule is COC(=O)c1ccccc1C(=O)N1CCCC(Oc2ccnc(C(N)=O)c2)C1. The van der Waals surface area contributed by atoms with Crippen LogP contribution in [0.15, 0.2) is 42.6 Å². The molecule has 1 aromatic heterocycles. The van der Waals surface area contributed by atoms with Gasteiger partial charge in [0.15, 0.2) is 0 Å². The van der Waals surface area contributed by atoms with E-state index >= 15 is 0 Å². The Morgan fingerprint density at radius 1 is 1.18 bits per heavy atom. The standard InChI is InChI=1S/C20H21N3O5/c1-27-20(26)16-7-3-2-6-15(16)19(25)23-10-4-5-14(12-23)28-13-8-9-22-17(11-13)18(21)24/h2-3,6-9,11,14H,4-5,10,12H2,1H3,(H2,21,24). The summed E-state index contributed by atoms with van der Waals surface area (Å²) in [4.78, 5) is 41.7. The number of methoxy groups -OCH3 is 1. The Kier molecular flexibility index (Phi) is 5.88. The van der Waals surface area contributed by atoms with Gasteiger partial charge in [-0.3, -0.25) is 14.6 Å². The molecule has 1 atom stereocenters. The van der Waals surface area contributed by atoms with Crippen LogP contribution in [0.25, 0.3) is 0 Å². The fourth-order valence-electron chi connectivity index (χ4n) is 3.16. The molecule has 28 heavy (non-hydrogen) atoms. The Balaban J connectivity index is 1.73. The highest BCUT2D eigenvalue weighted by atomic mass is 16.5. The Hall–Kier alpha value is -3.42. The van der Waals surface area contributed by atoms with E-state index in [2.05, 4.69) is 4.98 Å². The molecule has 0 bridgehead atoms. The van der Waals surface area contributed by atoms with Gasteiger partial charge in [-0.05, 0) is 31.0 Å². The van der Waals surface area contributed by atoms with E-state index in [0.29, 0.717) is 24.4 Å². The molecule has 0 radical (unpaired) electrons. The van der Waals surface area contributed by atoms with Crippen LogP contribution in [0.3, 0.4) is 0 Å². The number of likely N-dealkylation sites (tertiary alicyclic amines) is 1. The largest absolute Gasteiger partial charge is 0.488 e. The van der Waals surface area contributed by atoms with Crippen molar-refractivity contribution < 1.29 is 23.9 Å². The van der Waals surface area contributed by atoms with Crippen molar-refractivity contribution >= 4 is 17.8 Å². The molecule has 146 valence electrons. The summed E-state index contributed by atoms with van der Waals surface area (Å²) in [5.74, 6) is -0.963. The van der Waals surface area contributed by atoms with Crippen LogP contribution in [0, 0.1) is 0 Å². The molecule has 0 saturated carbocycles. The predicted molar refractivity (Wildman–Crippen MR) is 100 cm³/mol. The third-order valence-electron chi connectivity index (χ3n) is 4.51. The van der Waals surface area contributed by atoms with Crippen LogP contribution >= 0.6 is 0 Å². The number of hydrogen-bond acceptors (Lipinski definition) is 6. The molecule has 1 unspecified atom stereocenters. The van der Waals surface area contributed by atoms with E-state index < -0.39 is 11.9 Å². The number of nitrogens with zero attached hydrogens (tertiary/aromatic N) is 2. The van der Waals surface area contributed by atoms with Crippen molar-refractivity contribution in [2.75, 3.05) is 20.2 Å². The first kappa shape index (κ1) is 19.3. The average Bonchev–Trinajstić information content (AvgIpc) is 2.73. The zero-order valence-corrected chi connectivity index (χ0v) is 15.5. The molecular weight excluding hydrogens is 362 g/mol. The van der Waals surface area contributed by atoms with Gasteiger partial charge < -0.3 is 20.1 Å². The third-order valence-corrected chi connectivity index (χ3v) is 4.51. The van der Waals surface area contributed by atoms with Gasteiger partial charge in [0.05, 0.1) is 24.8 Å². The van der Waals surface area contributed by atoms with E-state index in [0.717, 1.165) is 12.8 Å². The van der Waals surface area contributed by atoms with Crippen molar-refractivity contribution in [2.24, 2.45) is 5.73 Å². The van der Waals surface area contributed by atoms with Crippen molar-refractivity contribution in [2.45, 2.75) is 18.9 Å². The van der Waals surface area contributed by atoms with Crippen molar-refractivity contribution in [3.63, 3.8) is 0 Å². The number of rotatable bonds is 5. The summed E-state index contributed by atoms with van der Waals surface area (Å²) in [5.41, 5.74) is 5.90. The fourth-order valence-corrected chi connectivity index (χ4v) is 3.16. The lowest BCUT2D eigenvalue weighted by Crippen LogP contribution is -2.44. The highest BCUT2D eigenvalue weighted by Crippen LogP contribution is 2.21. The summed E-state index contributed by atoms with van der Waals surface area (Å²) in [6.07, 6.45) is 2.72. The second-order valence-corrected chi connectivity index (χ2v) is 6.41. The Labute approximate surface area is 162 Å². The van der Waals surface area contributed by atoms with E-state index in [1.165, 1.54) is 19.4 Å². The van der Waals surface area contributed by atoms with Gasteiger partial charge in [0.1, 0.15) is 17.5 Å².